The fourth-order valence-electron chi connectivity index (χ4n) is 2.46. The first kappa shape index (κ1) is 20.6. The van der Waals surface area contributed by atoms with Gasteiger partial charge >= 0.3 is 0 Å². The standard InChI is InChI=1S/C17H27N3O5S/c1-19(26(2,22)23)14-16-5-4-15(25-16)6-7-17(21)18-8-3-9-20-10-12-24-13-11-20/h4-7H,3,8-14H2,1-2H3,(H,18,21)/b7-6+. The molecule has 146 valence electrons. The summed E-state index contributed by atoms with van der Waals surface area (Å²) >= 11 is 0. The molecule has 26 heavy (non-hydrogen) atoms. The smallest absolute Gasteiger partial charge is 0.244 e. The van der Waals surface area contributed by atoms with Crippen molar-refractivity contribution in [3.63, 3.8) is 0 Å². The summed E-state index contributed by atoms with van der Waals surface area (Å²) in [5.74, 6) is 0.840. The third kappa shape index (κ3) is 7.28. The minimum absolute atomic E-state index is 0.153. The number of hydrogen-bond donors (Lipinski definition) is 1. The quantitative estimate of drug-likeness (QED) is 0.492. The Balaban J connectivity index is 1.69. The largest absolute Gasteiger partial charge is 0.460 e. The molecule has 1 saturated heterocycles. The van der Waals surface area contributed by atoms with Crippen molar-refractivity contribution in [3.8, 4) is 0 Å². The molecule has 1 aliphatic heterocycles. The fourth-order valence-corrected chi connectivity index (χ4v) is 2.82. The van der Waals surface area contributed by atoms with E-state index in [-0.39, 0.29) is 12.5 Å². The summed E-state index contributed by atoms with van der Waals surface area (Å²) in [5, 5.41) is 2.84. The summed E-state index contributed by atoms with van der Waals surface area (Å²) in [4.78, 5) is 14.1. The van der Waals surface area contributed by atoms with E-state index in [9.17, 15) is 13.2 Å². The second-order valence-electron chi connectivity index (χ2n) is 6.26. The lowest BCUT2D eigenvalue weighted by Crippen LogP contribution is -2.38. The summed E-state index contributed by atoms with van der Waals surface area (Å²) in [7, 11) is -1.77. The SMILES string of the molecule is CN(Cc1ccc(/C=C/C(=O)NCCCN2CCOCC2)o1)S(C)(=O)=O. The first-order valence-corrected chi connectivity index (χ1v) is 10.5. The van der Waals surface area contributed by atoms with Crippen LogP contribution in [0.4, 0.5) is 0 Å². The van der Waals surface area contributed by atoms with Crippen molar-refractivity contribution in [1.29, 1.82) is 0 Å². The third-order valence-electron chi connectivity index (χ3n) is 4.08. The molecule has 0 radical (unpaired) electrons. The van der Waals surface area contributed by atoms with E-state index < -0.39 is 10.0 Å². The maximum atomic E-state index is 11.8. The molecule has 1 amide bonds. The lowest BCUT2D eigenvalue weighted by atomic mass is 10.3. The van der Waals surface area contributed by atoms with Crippen LogP contribution in [0.3, 0.4) is 0 Å². The van der Waals surface area contributed by atoms with Crippen molar-refractivity contribution in [2.75, 3.05) is 52.7 Å². The van der Waals surface area contributed by atoms with E-state index in [1.807, 2.05) is 0 Å². The number of rotatable bonds is 9. The third-order valence-corrected chi connectivity index (χ3v) is 5.34. The zero-order chi connectivity index (χ0) is 19.0. The Hall–Kier alpha value is -1.68. The number of hydrogen-bond acceptors (Lipinski definition) is 6. The Morgan fingerprint density at radius 2 is 2.08 bits per heavy atom. The predicted octanol–water partition coefficient (Wildman–Crippen LogP) is 0.523. The molecule has 0 aliphatic carbocycles. The topological polar surface area (TPSA) is 92.1 Å². The van der Waals surface area contributed by atoms with Gasteiger partial charge in [0.1, 0.15) is 11.5 Å². The summed E-state index contributed by atoms with van der Waals surface area (Å²) < 4.78 is 34.8. The molecule has 8 nitrogen and oxygen atoms in total. The molecule has 0 aromatic carbocycles. The van der Waals surface area contributed by atoms with E-state index in [4.69, 9.17) is 9.15 Å². The van der Waals surface area contributed by atoms with Crippen LogP contribution in [0, 0.1) is 0 Å². The highest BCUT2D eigenvalue weighted by Crippen LogP contribution is 2.12. The van der Waals surface area contributed by atoms with Gasteiger partial charge in [-0.3, -0.25) is 9.69 Å². The van der Waals surface area contributed by atoms with Crippen LogP contribution in [0.1, 0.15) is 17.9 Å². The van der Waals surface area contributed by atoms with Gasteiger partial charge in [-0.15, -0.1) is 0 Å². The van der Waals surface area contributed by atoms with Gasteiger partial charge in [-0.1, -0.05) is 0 Å². The van der Waals surface area contributed by atoms with Crippen LogP contribution >= 0.6 is 0 Å². The van der Waals surface area contributed by atoms with Crippen LogP contribution in [-0.4, -0.2) is 76.2 Å². The van der Waals surface area contributed by atoms with Crippen molar-refractivity contribution in [1.82, 2.24) is 14.5 Å². The number of ether oxygens (including phenoxy) is 1. The average Bonchev–Trinajstić information content (AvgIpc) is 3.04. The Kier molecular flexibility index (Phi) is 7.83. The van der Waals surface area contributed by atoms with E-state index in [0.29, 0.717) is 18.1 Å². The minimum Gasteiger partial charge on any atom is -0.460 e. The molecule has 0 spiro atoms. The molecule has 0 saturated carbocycles. The molecule has 9 heteroatoms. The zero-order valence-corrected chi connectivity index (χ0v) is 16.1. The Bertz CT molecular complexity index is 708. The van der Waals surface area contributed by atoms with Crippen molar-refractivity contribution in [2.45, 2.75) is 13.0 Å². The lowest BCUT2D eigenvalue weighted by Gasteiger charge is -2.26. The van der Waals surface area contributed by atoms with Crippen molar-refractivity contribution >= 4 is 22.0 Å². The molecule has 1 aliphatic rings. The van der Waals surface area contributed by atoms with Gasteiger partial charge in [0.2, 0.25) is 15.9 Å². The number of nitrogens with zero attached hydrogens (tertiary/aromatic N) is 2. The summed E-state index contributed by atoms with van der Waals surface area (Å²) in [6, 6.07) is 3.40. The van der Waals surface area contributed by atoms with Crippen molar-refractivity contribution in [3.05, 3.63) is 29.7 Å². The van der Waals surface area contributed by atoms with Crippen LogP contribution in [-0.2, 0) is 26.1 Å². The van der Waals surface area contributed by atoms with Gasteiger partial charge < -0.3 is 14.5 Å². The number of carbonyl (C=O) groups is 1. The maximum absolute atomic E-state index is 11.8. The first-order chi connectivity index (χ1) is 12.3. The number of furan rings is 1. The average molecular weight is 385 g/mol. The second-order valence-corrected chi connectivity index (χ2v) is 8.34. The second kappa shape index (κ2) is 9.86. The number of morpholine rings is 1. The van der Waals surface area contributed by atoms with Gasteiger partial charge in [-0.2, -0.15) is 4.31 Å². The van der Waals surface area contributed by atoms with Crippen LogP contribution in [0.2, 0.25) is 0 Å². The van der Waals surface area contributed by atoms with Gasteiger partial charge in [0, 0.05) is 32.8 Å². The lowest BCUT2D eigenvalue weighted by molar-refractivity contribution is -0.116. The first-order valence-electron chi connectivity index (χ1n) is 8.60. The monoisotopic (exact) mass is 385 g/mol. The van der Waals surface area contributed by atoms with Gasteiger partial charge in [-0.25, -0.2) is 8.42 Å². The van der Waals surface area contributed by atoms with Gasteiger partial charge in [0.05, 0.1) is 26.0 Å². The summed E-state index contributed by atoms with van der Waals surface area (Å²) in [5.41, 5.74) is 0. The highest BCUT2D eigenvalue weighted by molar-refractivity contribution is 7.88. The molecule has 0 unspecified atom stereocenters. The zero-order valence-electron chi connectivity index (χ0n) is 15.3. The van der Waals surface area contributed by atoms with E-state index in [1.54, 1.807) is 18.2 Å². The van der Waals surface area contributed by atoms with E-state index >= 15 is 0 Å². The van der Waals surface area contributed by atoms with Crippen LogP contribution < -0.4 is 5.32 Å². The molecule has 1 aromatic heterocycles. The van der Waals surface area contributed by atoms with Crippen molar-refractivity contribution < 1.29 is 22.4 Å². The Morgan fingerprint density at radius 3 is 2.77 bits per heavy atom. The normalized spacial score (nSPS) is 16.4. The van der Waals surface area contributed by atoms with E-state index in [1.165, 1.54) is 17.4 Å². The van der Waals surface area contributed by atoms with Gasteiger partial charge in [0.15, 0.2) is 0 Å². The van der Waals surface area contributed by atoms with Gasteiger partial charge in [-0.05, 0) is 31.2 Å². The Morgan fingerprint density at radius 1 is 1.35 bits per heavy atom. The maximum Gasteiger partial charge on any atom is 0.244 e. The molecular weight excluding hydrogens is 358 g/mol. The molecule has 2 rings (SSSR count). The van der Waals surface area contributed by atoms with Crippen LogP contribution in [0.15, 0.2) is 22.6 Å². The van der Waals surface area contributed by atoms with E-state index in [0.717, 1.165) is 45.5 Å². The highest BCUT2D eigenvalue weighted by Gasteiger charge is 2.13. The van der Waals surface area contributed by atoms with Crippen LogP contribution in [0.25, 0.3) is 6.08 Å². The van der Waals surface area contributed by atoms with Crippen LogP contribution in [0.5, 0.6) is 0 Å². The number of nitrogens with one attached hydrogen (secondary N) is 1. The minimum atomic E-state index is -3.26. The molecule has 1 fully saturated rings. The number of carbonyl (C=O) groups excluding carboxylic acids is 1. The van der Waals surface area contributed by atoms with Gasteiger partial charge in [0.25, 0.3) is 0 Å². The highest BCUT2D eigenvalue weighted by atomic mass is 32.2. The predicted molar refractivity (Wildman–Crippen MR) is 98.9 cm³/mol. The molecular formula is C17H27N3O5S. The summed E-state index contributed by atoms with van der Waals surface area (Å²) in [6.45, 7) is 5.17. The fraction of sp³-hybridized carbons (Fsp3) is 0.588. The number of sulfonamides is 1. The van der Waals surface area contributed by atoms with Crippen molar-refractivity contribution in [2.24, 2.45) is 0 Å². The molecule has 2 heterocycles. The molecule has 0 atom stereocenters. The molecule has 1 N–H and O–H groups in total. The Labute approximate surface area is 154 Å². The van der Waals surface area contributed by atoms with E-state index in [2.05, 4.69) is 10.2 Å². The summed E-state index contributed by atoms with van der Waals surface area (Å²) in [6.07, 6.45) is 5.02. The number of amides is 1. The molecule has 0 bridgehead atoms. The molecule has 1 aromatic rings.